The number of hydrogen-bond donors (Lipinski definition) is 2. The predicted octanol–water partition coefficient (Wildman–Crippen LogP) is 2.26. The fourth-order valence-electron chi connectivity index (χ4n) is 2.01. The van der Waals surface area contributed by atoms with Gasteiger partial charge in [0, 0.05) is 19.2 Å². The van der Waals surface area contributed by atoms with Crippen molar-refractivity contribution in [2.45, 2.75) is 38.5 Å². The topological polar surface area (TPSA) is 41.5 Å². The zero-order chi connectivity index (χ0) is 13.5. The van der Waals surface area contributed by atoms with Crippen LogP contribution in [0.2, 0.25) is 0 Å². The zero-order valence-corrected chi connectivity index (χ0v) is 11.2. The Bertz CT molecular complexity index is 342. The maximum absolute atomic E-state index is 12.8. The van der Waals surface area contributed by atoms with E-state index >= 15 is 0 Å². The number of benzene rings is 1. The highest BCUT2D eigenvalue weighted by Crippen LogP contribution is 2.18. The molecule has 0 aliphatic rings. The van der Waals surface area contributed by atoms with Crippen molar-refractivity contribution >= 4 is 0 Å². The second kappa shape index (κ2) is 7.46. The molecule has 1 rings (SSSR count). The largest absolute Gasteiger partial charge is 0.388 e. The average molecular weight is 255 g/mol. The second-order valence-electron chi connectivity index (χ2n) is 4.73. The molecule has 3 nitrogen and oxygen atoms in total. The molecule has 0 heterocycles. The molecule has 0 spiro atoms. The third kappa shape index (κ3) is 5.12. The van der Waals surface area contributed by atoms with Crippen LogP contribution in [0.5, 0.6) is 0 Å². The molecular weight excluding hydrogens is 233 g/mol. The summed E-state index contributed by atoms with van der Waals surface area (Å²) in [5.41, 5.74) is 0.740. The normalized spacial score (nSPS) is 16.3. The number of ether oxygens (including phenoxy) is 1. The van der Waals surface area contributed by atoms with Crippen molar-refractivity contribution in [1.29, 1.82) is 0 Å². The number of aliphatic hydroxyl groups excluding tert-OH is 1. The quantitative estimate of drug-likeness (QED) is 0.785. The van der Waals surface area contributed by atoms with E-state index in [1.807, 2.05) is 13.8 Å². The Morgan fingerprint density at radius 3 is 2.39 bits per heavy atom. The predicted molar refractivity (Wildman–Crippen MR) is 69.9 cm³/mol. The van der Waals surface area contributed by atoms with Gasteiger partial charge in [0.1, 0.15) is 5.82 Å². The first-order valence-corrected chi connectivity index (χ1v) is 6.21. The summed E-state index contributed by atoms with van der Waals surface area (Å²) in [5, 5.41) is 13.4. The van der Waals surface area contributed by atoms with Gasteiger partial charge in [-0.15, -0.1) is 0 Å². The molecule has 3 atom stereocenters. The van der Waals surface area contributed by atoms with Crippen molar-refractivity contribution < 1.29 is 14.2 Å². The van der Waals surface area contributed by atoms with Crippen LogP contribution < -0.4 is 5.32 Å². The van der Waals surface area contributed by atoms with E-state index in [0.29, 0.717) is 13.0 Å². The number of rotatable bonds is 7. The maximum atomic E-state index is 12.8. The van der Waals surface area contributed by atoms with Gasteiger partial charge in [-0.1, -0.05) is 12.1 Å². The van der Waals surface area contributed by atoms with Crippen LogP contribution in [0.4, 0.5) is 4.39 Å². The van der Waals surface area contributed by atoms with E-state index in [1.165, 1.54) is 12.1 Å². The summed E-state index contributed by atoms with van der Waals surface area (Å²) in [7, 11) is 1.66. The third-order valence-corrected chi connectivity index (χ3v) is 2.82. The van der Waals surface area contributed by atoms with Crippen molar-refractivity contribution in [1.82, 2.24) is 5.32 Å². The Morgan fingerprint density at radius 1 is 1.22 bits per heavy atom. The Labute approximate surface area is 108 Å². The van der Waals surface area contributed by atoms with Crippen LogP contribution in [0, 0.1) is 5.82 Å². The molecule has 0 fully saturated rings. The van der Waals surface area contributed by atoms with Gasteiger partial charge in [0.2, 0.25) is 0 Å². The first-order valence-electron chi connectivity index (χ1n) is 6.21. The molecule has 1 aromatic rings. The summed E-state index contributed by atoms with van der Waals surface area (Å²) in [4.78, 5) is 0. The van der Waals surface area contributed by atoms with Gasteiger partial charge in [-0.05, 0) is 38.0 Å². The Morgan fingerprint density at radius 2 is 1.83 bits per heavy atom. The van der Waals surface area contributed by atoms with Crippen molar-refractivity contribution in [2.24, 2.45) is 0 Å². The lowest BCUT2D eigenvalue weighted by atomic mass is 10.0. The molecule has 18 heavy (non-hydrogen) atoms. The fourth-order valence-corrected chi connectivity index (χ4v) is 2.01. The lowest BCUT2D eigenvalue weighted by molar-refractivity contribution is 0.137. The van der Waals surface area contributed by atoms with Gasteiger partial charge in [-0.2, -0.15) is 0 Å². The van der Waals surface area contributed by atoms with E-state index in [1.54, 1.807) is 19.2 Å². The lowest BCUT2D eigenvalue weighted by Crippen LogP contribution is -2.38. The van der Waals surface area contributed by atoms with Crippen LogP contribution in [0.25, 0.3) is 0 Å². The van der Waals surface area contributed by atoms with Crippen molar-refractivity contribution in [2.75, 3.05) is 13.7 Å². The number of nitrogens with one attached hydrogen (secondary N) is 1. The van der Waals surface area contributed by atoms with Gasteiger partial charge < -0.3 is 15.2 Å². The minimum Gasteiger partial charge on any atom is -0.388 e. The molecule has 0 amide bonds. The van der Waals surface area contributed by atoms with Gasteiger partial charge in [-0.3, -0.25) is 0 Å². The molecule has 0 saturated carbocycles. The average Bonchev–Trinajstić information content (AvgIpc) is 2.29. The SMILES string of the molecule is COCC(C)NC(C)CC(O)c1ccc(F)cc1. The highest BCUT2D eigenvalue weighted by Gasteiger charge is 2.14. The monoisotopic (exact) mass is 255 g/mol. The highest BCUT2D eigenvalue weighted by molar-refractivity contribution is 5.18. The number of aliphatic hydroxyl groups is 1. The molecule has 0 aliphatic heterocycles. The Kier molecular flexibility index (Phi) is 6.25. The first kappa shape index (κ1) is 15.1. The van der Waals surface area contributed by atoms with Gasteiger partial charge in [-0.25, -0.2) is 4.39 Å². The molecule has 0 aliphatic carbocycles. The standard InChI is InChI=1S/C14H22FNO2/c1-10(16-11(2)9-18-3)8-14(17)12-4-6-13(15)7-5-12/h4-7,10-11,14,16-17H,8-9H2,1-3H3. The van der Waals surface area contributed by atoms with E-state index < -0.39 is 6.10 Å². The number of hydrogen-bond acceptors (Lipinski definition) is 3. The van der Waals surface area contributed by atoms with E-state index in [-0.39, 0.29) is 17.9 Å². The van der Waals surface area contributed by atoms with Gasteiger partial charge >= 0.3 is 0 Å². The lowest BCUT2D eigenvalue weighted by Gasteiger charge is -2.22. The fraction of sp³-hybridized carbons (Fsp3) is 0.571. The summed E-state index contributed by atoms with van der Waals surface area (Å²) >= 11 is 0. The molecule has 102 valence electrons. The smallest absolute Gasteiger partial charge is 0.123 e. The molecule has 0 aromatic heterocycles. The van der Waals surface area contributed by atoms with E-state index in [9.17, 15) is 9.50 Å². The molecule has 0 radical (unpaired) electrons. The molecule has 3 unspecified atom stereocenters. The molecule has 0 saturated heterocycles. The summed E-state index contributed by atoms with van der Waals surface area (Å²) in [5.74, 6) is -0.286. The number of halogens is 1. The van der Waals surface area contributed by atoms with Crippen LogP contribution in [-0.4, -0.2) is 30.9 Å². The maximum Gasteiger partial charge on any atom is 0.123 e. The minimum absolute atomic E-state index is 0.162. The third-order valence-electron chi connectivity index (χ3n) is 2.82. The van der Waals surface area contributed by atoms with Crippen molar-refractivity contribution in [3.63, 3.8) is 0 Å². The summed E-state index contributed by atoms with van der Waals surface area (Å²) in [6, 6.07) is 6.37. The molecule has 0 bridgehead atoms. The molecule has 2 N–H and O–H groups in total. The van der Waals surface area contributed by atoms with Crippen molar-refractivity contribution in [3.8, 4) is 0 Å². The Hall–Kier alpha value is -0.970. The molecule has 1 aromatic carbocycles. The van der Waals surface area contributed by atoms with E-state index in [4.69, 9.17) is 4.74 Å². The summed E-state index contributed by atoms with van der Waals surface area (Å²) < 4.78 is 17.8. The Balaban J connectivity index is 2.43. The summed E-state index contributed by atoms with van der Waals surface area (Å²) in [6.45, 7) is 4.68. The van der Waals surface area contributed by atoms with Crippen LogP contribution >= 0.6 is 0 Å². The van der Waals surface area contributed by atoms with Gasteiger partial charge in [0.05, 0.1) is 12.7 Å². The van der Waals surface area contributed by atoms with E-state index in [0.717, 1.165) is 5.56 Å². The van der Waals surface area contributed by atoms with Crippen molar-refractivity contribution in [3.05, 3.63) is 35.6 Å². The van der Waals surface area contributed by atoms with Crippen LogP contribution in [-0.2, 0) is 4.74 Å². The molecular formula is C14H22FNO2. The van der Waals surface area contributed by atoms with E-state index in [2.05, 4.69) is 5.32 Å². The van der Waals surface area contributed by atoms with Crippen LogP contribution in [0.1, 0.15) is 31.9 Å². The zero-order valence-electron chi connectivity index (χ0n) is 11.2. The van der Waals surface area contributed by atoms with Gasteiger partial charge in [0.25, 0.3) is 0 Å². The summed E-state index contributed by atoms with van der Waals surface area (Å²) in [6.07, 6.45) is 0.00232. The van der Waals surface area contributed by atoms with Gasteiger partial charge in [0.15, 0.2) is 0 Å². The number of methoxy groups -OCH3 is 1. The van der Waals surface area contributed by atoms with Crippen LogP contribution in [0.3, 0.4) is 0 Å². The highest BCUT2D eigenvalue weighted by atomic mass is 19.1. The first-order chi connectivity index (χ1) is 8.52. The second-order valence-corrected chi connectivity index (χ2v) is 4.73. The minimum atomic E-state index is -0.581. The van der Waals surface area contributed by atoms with Crippen LogP contribution in [0.15, 0.2) is 24.3 Å². The molecule has 4 heteroatoms.